The van der Waals surface area contributed by atoms with Crippen LogP contribution in [0.3, 0.4) is 0 Å². The first-order valence-electron chi connectivity index (χ1n) is 8.08. The van der Waals surface area contributed by atoms with Gasteiger partial charge in [0.25, 0.3) is 5.91 Å². The summed E-state index contributed by atoms with van der Waals surface area (Å²) in [5.74, 6) is 0.600. The van der Waals surface area contributed by atoms with Gasteiger partial charge in [0.1, 0.15) is 0 Å². The minimum atomic E-state index is -0.269. The summed E-state index contributed by atoms with van der Waals surface area (Å²) in [7, 11) is 0. The lowest BCUT2D eigenvalue weighted by molar-refractivity contribution is -0.118. The number of oxime groups is 1. The maximum Gasteiger partial charge on any atom is 0.262 e. The van der Waals surface area contributed by atoms with Crippen molar-refractivity contribution in [2.24, 2.45) is 5.16 Å². The van der Waals surface area contributed by atoms with E-state index in [4.69, 9.17) is 14.7 Å². The van der Waals surface area contributed by atoms with Crippen LogP contribution in [0, 0.1) is 13.8 Å². The molecule has 2 aromatic carbocycles. The van der Waals surface area contributed by atoms with Crippen molar-refractivity contribution in [2.45, 2.75) is 20.8 Å². The standard InChI is InChI=1S/C19H21BrN2O4/c1-4-25-17-9-14(10-21-24)8-15(20)19(17)26-11-18(23)22-16-7-12(2)5-6-13(16)3/h5-10,24H,4,11H2,1-3H3,(H,22,23)/b21-10+. The summed E-state index contributed by atoms with van der Waals surface area (Å²) < 4.78 is 11.8. The van der Waals surface area contributed by atoms with Crippen molar-refractivity contribution in [1.82, 2.24) is 0 Å². The van der Waals surface area contributed by atoms with Crippen LogP contribution in [0.1, 0.15) is 23.6 Å². The third-order valence-corrected chi connectivity index (χ3v) is 4.14. The highest BCUT2D eigenvalue weighted by Crippen LogP contribution is 2.36. The largest absolute Gasteiger partial charge is 0.490 e. The molecule has 0 unspecified atom stereocenters. The summed E-state index contributed by atoms with van der Waals surface area (Å²) in [4.78, 5) is 12.3. The van der Waals surface area contributed by atoms with E-state index in [1.54, 1.807) is 12.1 Å². The lowest BCUT2D eigenvalue weighted by atomic mass is 10.1. The molecule has 0 atom stereocenters. The summed E-state index contributed by atoms with van der Waals surface area (Å²) >= 11 is 3.40. The smallest absolute Gasteiger partial charge is 0.262 e. The Balaban J connectivity index is 2.12. The van der Waals surface area contributed by atoms with E-state index >= 15 is 0 Å². The van der Waals surface area contributed by atoms with E-state index in [1.807, 2.05) is 39.0 Å². The molecular weight excluding hydrogens is 400 g/mol. The average molecular weight is 421 g/mol. The molecule has 0 radical (unpaired) electrons. The molecule has 0 aliphatic rings. The zero-order valence-corrected chi connectivity index (χ0v) is 16.5. The van der Waals surface area contributed by atoms with Gasteiger partial charge in [-0.15, -0.1) is 0 Å². The molecule has 26 heavy (non-hydrogen) atoms. The number of rotatable bonds is 7. The molecular formula is C19H21BrN2O4. The predicted molar refractivity (Wildman–Crippen MR) is 105 cm³/mol. The molecule has 0 spiro atoms. The number of amides is 1. The number of halogens is 1. The van der Waals surface area contributed by atoms with Gasteiger partial charge in [-0.2, -0.15) is 0 Å². The lowest BCUT2D eigenvalue weighted by Gasteiger charge is -2.15. The Morgan fingerprint density at radius 1 is 1.27 bits per heavy atom. The maximum absolute atomic E-state index is 12.3. The van der Waals surface area contributed by atoms with Gasteiger partial charge in [-0.25, -0.2) is 0 Å². The first kappa shape index (κ1) is 19.8. The molecule has 0 heterocycles. The fourth-order valence-corrected chi connectivity index (χ4v) is 2.90. The molecule has 2 aromatic rings. The Hall–Kier alpha value is -2.54. The van der Waals surface area contributed by atoms with Crippen LogP contribution in [0.4, 0.5) is 5.69 Å². The molecule has 0 aliphatic heterocycles. The van der Waals surface area contributed by atoms with Gasteiger partial charge in [0.15, 0.2) is 18.1 Å². The Morgan fingerprint density at radius 3 is 2.73 bits per heavy atom. The quantitative estimate of drug-likeness (QED) is 0.397. The minimum absolute atomic E-state index is 0.167. The van der Waals surface area contributed by atoms with E-state index < -0.39 is 0 Å². The first-order valence-corrected chi connectivity index (χ1v) is 8.87. The zero-order chi connectivity index (χ0) is 19.1. The number of hydrogen-bond acceptors (Lipinski definition) is 5. The second-order valence-electron chi connectivity index (χ2n) is 5.66. The molecule has 2 N–H and O–H groups in total. The molecule has 0 aromatic heterocycles. The Bertz CT molecular complexity index is 821. The summed E-state index contributed by atoms with van der Waals surface area (Å²) in [5.41, 5.74) is 3.44. The van der Waals surface area contributed by atoms with Crippen molar-refractivity contribution >= 4 is 33.7 Å². The number of aryl methyl sites for hydroxylation is 2. The zero-order valence-electron chi connectivity index (χ0n) is 14.9. The molecule has 0 aliphatic carbocycles. The van der Waals surface area contributed by atoms with Crippen LogP contribution in [-0.2, 0) is 4.79 Å². The van der Waals surface area contributed by atoms with Gasteiger partial charge in [-0.3, -0.25) is 4.79 Å². The topological polar surface area (TPSA) is 80.2 Å². The van der Waals surface area contributed by atoms with E-state index in [-0.39, 0.29) is 12.5 Å². The average Bonchev–Trinajstić information content (AvgIpc) is 2.58. The van der Waals surface area contributed by atoms with Gasteiger partial charge in [-0.1, -0.05) is 17.3 Å². The molecule has 0 fully saturated rings. The molecule has 1 amide bonds. The summed E-state index contributed by atoms with van der Waals surface area (Å²) in [6.07, 6.45) is 1.28. The van der Waals surface area contributed by atoms with Gasteiger partial charge in [0, 0.05) is 11.3 Å². The van der Waals surface area contributed by atoms with E-state index in [0.717, 1.165) is 16.8 Å². The van der Waals surface area contributed by atoms with Gasteiger partial charge in [-0.05, 0) is 66.0 Å². The van der Waals surface area contributed by atoms with Gasteiger partial charge in [0.05, 0.1) is 17.3 Å². The molecule has 0 saturated heterocycles. The number of anilines is 1. The molecule has 6 nitrogen and oxygen atoms in total. The van der Waals surface area contributed by atoms with Gasteiger partial charge < -0.3 is 20.0 Å². The third-order valence-electron chi connectivity index (χ3n) is 3.55. The predicted octanol–water partition coefficient (Wildman–Crippen LogP) is 4.29. The number of carbonyl (C=O) groups is 1. The molecule has 7 heteroatoms. The minimum Gasteiger partial charge on any atom is -0.490 e. The third kappa shape index (κ3) is 5.23. The Morgan fingerprint density at radius 2 is 2.04 bits per heavy atom. The van der Waals surface area contributed by atoms with E-state index in [0.29, 0.717) is 28.1 Å². The number of benzene rings is 2. The maximum atomic E-state index is 12.3. The number of nitrogens with zero attached hydrogens (tertiary/aromatic N) is 1. The normalized spacial score (nSPS) is 10.8. The summed E-state index contributed by atoms with van der Waals surface area (Å²) in [6, 6.07) is 9.24. The Kier molecular flexibility index (Phi) is 7.03. The molecule has 138 valence electrons. The van der Waals surface area contributed by atoms with Crippen molar-refractivity contribution in [2.75, 3.05) is 18.5 Å². The van der Waals surface area contributed by atoms with E-state index in [2.05, 4.69) is 26.4 Å². The summed E-state index contributed by atoms with van der Waals surface area (Å²) in [5, 5.41) is 14.5. The van der Waals surface area contributed by atoms with Crippen LogP contribution < -0.4 is 14.8 Å². The number of carbonyl (C=O) groups excluding carboxylic acids is 1. The van der Waals surface area contributed by atoms with Crippen molar-refractivity contribution < 1.29 is 19.5 Å². The SMILES string of the molecule is CCOc1cc(/C=N/O)cc(Br)c1OCC(=O)Nc1cc(C)ccc1C. The highest BCUT2D eigenvalue weighted by molar-refractivity contribution is 9.10. The van der Waals surface area contributed by atoms with E-state index in [9.17, 15) is 4.79 Å². The molecule has 0 saturated carbocycles. The van der Waals surface area contributed by atoms with Gasteiger partial charge in [0.2, 0.25) is 0 Å². The van der Waals surface area contributed by atoms with Crippen molar-refractivity contribution in [3.05, 3.63) is 51.5 Å². The van der Waals surface area contributed by atoms with Gasteiger partial charge >= 0.3 is 0 Å². The molecule has 2 rings (SSSR count). The van der Waals surface area contributed by atoms with Crippen molar-refractivity contribution in [1.29, 1.82) is 0 Å². The fraction of sp³-hybridized carbons (Fsp3) is 0.263. The van der Waals surface area contributed by atoms with Crippen LogP contribution >= 0.6 is 15.9 Å². The van der Waals surface area contributed by atoms with Crippen LogP contribution in [0.25, 0.3) is 0 Å². The summed E-state index contributed by atoms with van der Waals surface area (Å²) in [6.45, 7) is 6.00. The van der Waals surface area contributed by atoms with E-state index in [1.165, 1.54) is 6.21 Å². The number of nitrogens with one attached hydrogen (secondary N) is 1. The first-order chi connectivity index (χ1) is 12.4. The van der Waals surface area contributed by atoms with Crippen LogP contribution in [0.2, 0.25) is 0 Å². The highest BCUT2D eigenvalue weighted by Gasteiger charge is 2.14. The van der Waals surface area contributed by atoms with Crippen LogP contribution in [-0.4, -0.2) is 30.5 Å². The van der Waals surface area contributed by atoms with Crippen LogP contribution in [0.15, 0.2) is 40.0 Å². The van der Waals surface area contributed by atoms with Crippen molar-refractivity contribution in [3.63, 3.8) is 0 Å². The molecule has 0 bridgehead atoms. The Labute approximate surface area is 160 Å². The number of ether oxygens (including phenoxy) is 2. The highest BCUT2D eigenvalue weighted by atomic mass is 79.9. The van der Waals surface area contributed by atoms with Crippen LogP contribution in [0.5, 0.6) is 11.5 Å². The monoisotopic (exact) mass is 420 g/mol. The lowest BCUT2D eigenvalue weighted by Crippen LogP contribution is -2.21. The van der Waals surface area contributed by atoms with Crippen molar-refractivity contribution in [3.8, 4) is 11.5 Å². The second kappa shape index (κ2) is 9.24. The number of hydrogen-bond donors (Lipinski definition) is 2. The fourth-order valence-electron chi connectivity index (χ4n) is 2.33. The second-order valence-corrected chi connectivity index (χ2v) is 6.52.